The van der Waals surface area contributed by atoms with Crippen molar-refractivity contribution >= 4 is 63.3 Å². The number of nitro groups is 1. The van der Waals surface area contributed by atoms with Crippen LogP contribution in [-0.4, -0.2) is 15.2 Å². The van der Waals surface area contributed by atoms with Crippen molar-refractivity contribution in [3.05, 3.63) is 104 Å². The minimum Gasteiger partial charge on any atom is -0.488 e. The van der Waals surface area contributed by atoms with Gasteiger partial charge in [-0.2, -0.15) is 0 Å². The summed E-state index contributed by atoms with van der Waals surface area (Å²) in [5.41, 5.74) is 1.79. The Morgan fingerprint density at radius 2 is 1.81 bits per heavy atom. The third kappa shape index (κ3) is 4.67. The molecule has 4 rings (SSSR count). The first-order chi connectivity index (χ1) is 15.4. The Morgan fingerprint density at radius 1 is 1.09 bits per heavy atom. The number of carbonyl (C=O) groups is 1. The molecule has 0 saturated carbocycles. The zero-order valence-electron chi connectivity index (χ0n) is 16.4. The lowest BCUT2D eigenvalue weighted by Crippen LogP contribution is -2.26. The molecular weight excluding hydrogens is 468 g/mol. The third-order valence-corrected chi connectivity index (χ3v) is 6.43. The summed E-state index contributed by atoms with van der Waals surface area (Å²) in [6, 6.07) is 20.6. The number of para-hydroxylation sites is 1. The number of halogens is 1. The molecule has 1 aliphatic heterocycles. The molecule has 1 aliphatic rings. The molecular formula is C23H15ClN2O4S2. The lowest BCUT2D eigenvalue weighted by molar-refractivity contribution is -0.384. The summed E-state index contributed by atoms with van der Waals surface area (Å²) in [4.78, 5) is 25.7. The number of amides is 1. The minimum absolute atomic E-state index is 0.0953. The van der Waals surface area contributed by atoms with E-state index in [-0.39, 0.29) is 17.5 Å². The Hall–Kier alpha value is -3.20. The molecule has 0 spiro atoms. The van der Waals surface area contributed by atoms with Gasteiger partial charge < -0.3 is 4.74 Å². The first-order valence-electron chi connectivity index (χ1n) is 9.41. The Bertz CT molecular complexity index is 1250. The van der Waals surface area contributed by atoms with E-state index in [0.29, 0.717) is 31.9 Å². The van der Waals surface area contributed by atoms with Crippen LogP contribution in [0.3, 0.4) is 0 Å². The number of thiocarbonyl (C=S) groups is 1. The Balaban J connectivity index is 1.67. The molecule has 0 N–H and O–H groups in total. The summed E-state index contributed by atoms with van der Waals surface area (Å²) < 4.78 is 5.92. The summed E-state index contributed by atoms with van der Waals surface area (Å²) in [5.74, 6) is 0.414. The fourth-order valence-electron chi connectivity index (χ4n) is 3.07. The number of hydrogen-bond acceptors (Lipinski definition) is 6. The maximum Gasteiger partial charge on any atom is 0.296 e. The second-order valence-electron chi connectivity index (χ2n) is 6.71. The second kappa shape index (κ2) is 9.52. The number of hydrogen-bond donors (Lipinski definition) is 0. The van der Waals surface area contributed by atoms with Crippen LogP contribution in [-0.2, 0) is 6.61 Å². The Morgan fingerprint density at radius 3 is 2.53 bits per heavy atom. The van der Waals surface area contributed by atoms with Gasteiger partial charge in [-0.05, 0) is 42.1 Å². The fraction of sp³-hybridized carbons (Fsp3) is 0.0435. The zero-order chi connectivity index (χ0) is 22.7. The molecule has 1 amide bonds. The normalized spacial score (nSPS) is 14.8. The van der Waals surface area contributed by atoms with E-state index in [1.54, 1.807) is 24.3 Å². The van der Waals surface area contributed by atoms with Gasteiger partial charge in [0.2, 0.25) is 0 Å². The fourth-order valence-corrected chi connectivity index (χ4v) is 4.53. The van der Waals surface area contributed by atoms with Crippen LogP contribution in [0.5, 0.6) is 5.75 Å². The van der Waals surface area contributed by atoms with Crippen LogP contribution in [0.4, 0.5) is 16.2 Å². The van der Waals surface area contributed by atoms with Crippen molar-refractivity contribution in [2.24, 2.45) is 0 Å². The first kappa shape index (κ1) is 22.0. The van der Waals surface area contributed by atoms with Crippen LogP contribution in [0.1, 0.15) is 11.1 Å². The van der Waals surface area contributed by atoms with Crippen LogP contribution >= 0.6 is 35.6 Å². The van der Waals surface area contributed by atoms with Gasteiger partial charge in [-0.25, -0.2) is 0 Å². The van der Waals surface area contributed by atoms with Gasteiger partial charge in [-0.3, -0.25) is 19.8 Å². The van der Waals surface area contributed by atoms with E-state index in [1.807, 2.05) is 36.4 Å². The highest BCUT2D eigenvalue weighted by atomic mass is 35.5. The van der Waals surface area contributed by atoms with Crippen molar-refractivity contribution in [1.82, 2.24) is 0 Å². The van der Waals surface area contributed by atoms with Crippen molar-refractivity contribution in [1.29, 1.82) is 0 Å². The van der Waals surface area contributed by atoms with Gasteiger partial charge in [-0.15, -0.1) is 0 Å². The highest BCUT2D eigenvalue weighted by molar-refractivity contribution is 8.20. The van der Waals surface area contributed by atoms with Crippen LogP contribution < -0.4 is 9.64 Å². The molecule has 1 saturated heterocycles. The SMILES string of the molecule is O=C1S/C(=C\c2cc([N+](=O)[O-])ccc2OCc2ccccc2Cl)C(=S)N1c1ccccc1. The highest BCUT2D eigenvalue weighted by Crippen LogP contribution is 2.38. The molecule has 0 radical (unpaired) electrons. The molecule has 3 aromatic carbocycles. The van der Waals surface area contributed by atoms with Gasteiger partial charge in [0.05, 0.1) is 15.5 Å². The third-order valence-electron chi connectivity index (χ3n) is 4.64. The molecule has 0 aromatic heterocycles. The predicted molar refractivity (Wildman–Crippen MR) is 131 cm³/mol. The minimum atomic E-state index is -0.485. The quantitative estimate of drug-likeness (QED) is 0.165. The molecule has 0 aliphatic carbocycles. The van der Waals surface area contributed by atoms with Gasteiger partial charge in [0.25, 0.3) is 10.9 Å². The molecule has 0 atom stereocenters. The van der Waals surface area contributed by atoms with Crippen molar-refractivity contribution in [2.75, 3.05) is 4.90 Å². The van der Waals surface area contributed by atoms with E-state index >= 15 is 0 Å². The van der Waals surface area contributed by atoms with Crippen LogP contribution in [0.25, 0.3) is 6.08 Å². The molecule has 0 unspecified atom stereocenters. The van der Waals surface area contributed by atoms with E-state index in [4.69, 9.17) is 28.6 Å². The van der Waals surface area contributed by atoms with E-state index < -0.39 is 4.92 Å². The Kier molecular flexibility index (Phi) is 6.55. The number of nitro benzene ring substituents is 1. The number of anilines is 1. The van der Waals surface area contributed by atoms with Crippen molar-refractivity contribution < 1.29 is 14.5 Å². The van der Waals surface area contributed by atoms with E-state index in [0.717, 1.165) is 17.3 Å². The van der Waals surface area contributed by atoms with Gasteiger partial charge in [0, 0.05) is 28.3 Å². The number of non-ortho nitro benzene ring substituents is 1. The number of thioether (sulfide) groups is 1. The summed E-state index contributed by atoms with van der Waals surface area (Å²) in [6.45, 7) is 0.181. The summed E-state index contributed by atoms with van der Waals surface area (Å²) in [6.07, 6.45) is 1.64. The topological polar surface area (TPSA) is 72.7 Å². The lowest BCUT2D eigenvalue weighted by Gasteiger charge is -2.14. The molecule has 32 heavy (non-hydrogen) atoms. The maximum absolute atomic E-state index is 12.6. The predicted octanol–water partition coefficient (Wildman–Crippen LogP) is 6.87. The highest BCUT2D eigenvalue weighted by Gasteiger charge is 2.33. The van der Waals surface area contributed by atoms with Crippen LogP contribution in [0.15, 0.2) is 77.7 Å². The van der Waals surface area contributed by atoms with Gasteiger partial charge in [0.1, 0.15) is 17.3 Å². The molecule has 160 valence electrons. The molecule has 1 fully saturated rings. The first-order valence-corrected chi connectivity index (χ1v) is 11.0. The number of benzene rings is 3. The number of nitrogens with zero attached hydrogens (tertiary/aromatic N) is 2. The molecule has 1 heterocycles. The van der Waals surface area contributed by atoms with Gasteiger partial charge in [-0.1, -0.05) is 60.2 Å². The van der Waals surface area contributed by atoms with E-state index in [1.165, 1.54) is 23.1 Å². The number of ether oxygens (including phenoxy) is 1. The molecule has 0 bridgehead atoms. The lowest BCUT2D eigenvalue weighted by atomic mass is 10.1. The molecule has 9 heteroatoms. The summed E-state index contributed by atoms with van der Waals surface area (Å²) in [7, 11) is 0. The summed E-state index contributed by atoms with van der Waals surface area (Å²) in [5, 5.41) is 11.6. The largest absolute Gasteiger partial charge is 0.488 e. The zero-order valence-corrected chi connectivity index (χ0v) is 18.8. The van der Waals surface area contributed by atoms with Crippen LogP contribution in [0, 0.1) is 10.1 Å². The molecule has 3 aromatic rings. The van der Waals surface area contributed by atoms with Crippen LogP contribution in [0.2, 0.25) is 5.02 Å². The van der Waals surface area contributed by atoms with Crippen molar-refractivity contribution in [2.45, 2.75) is 6.61 Å². The van der Waals surface area contributed by atoms with Gasteiger partial charge >= 0.3 is 0 Å². The second-order valence-corrected chi connectivity index (χ2v) is 8.50. The van der Waals surface area contributed by atoms with Gasteiger partial charge in [0.15, 0.2) is 0 Å². The van der Waals surface area contributed by atoms with Crippen molar-refractivity contribution in [3.8, 4) is 5.75 Å². The van der Waals surface area contributed by atoms with E-state index in [2.05, 4.69) is 0 Å². The maximum atomic E-state index is 12.6. The Labute approximate surface area is 198 Å². The average molecular weight is 483 g/mol. The summed E-state index contributed by atoms with van der Waals surface area (Å²) >= 11 is 12.7. The standard InChI is InChI=1S/C23H15ClN2O4S2/c24-19-9-5-4-6-15(19)14-30-20-11-10-18(26(28)29)12-16(20)13-21-22(31)25(23(27)32-21)17-7-2-1-3-8-17/h1-13H,14H2/b21-13-. The number of carbonyl (C=O) groups excluding carboxylic acids is 1. The van der Waals surface area contributed by atoms with Crippen molar-refractivity contribution in [3.63, 3.8) is 0 Å². The smallest absolute Gasteiger partial charge is 0.296 e. The monoisotopic (exact) mass is 482 g/mol. The average Bonchev–Trinajstić information content (AvgIpc) is 3.07. The number of rotatable bonds is 6. The molecule has 6 nitrogen and oxygen atoms in total. The van der Waals surface area contributed by atoms with E-state index in [9.17, 15) is 14.9 Å².